The summed E-state index contributed by atoms with van der Waals surface area (Å²) in [5.41, 5.74) is 7.53. The predicted molar refractivity (Wildman–Crippen MR) is 69.8 cm³/mol. The van der Waals surface area contributed by atoms with E-state index < -0.39 is 0 Å². The number of benzene rings is 1. The van der Waals surface area contributed by atoms with Crippen molar-refractivity contribution in [2.75, 3.05) is 12.8 Å². The summed E-state index contributed by atoms with van der Waals surface area (Å²) in [6, 6.07) is 10.4. The number of aromatic nitrogens is 1. The van der Waals surface area contributed by atoms with Gasteiger partial charge in [-0.1, -0.05) is 0 Å². The van der Waals surface area contributed by atoms with E-state index in [0.717, 1.165) is 5.69 Å². The van der Waals surface area contributed by atoms with Gasteiger partial charge in [0.25, 0.3) is 0 Å². The maximum absolute atomic E-state index is 12.2. The molecule has 0 radical (unpaired) electrons. The first-order chi connectivity index (χ1) is 8.61. The minimum Gasteiger partial charge on any atom is -0.497 e. The molecule has 0 aliphatic rings. The minimum absolute atomic E-state index is 0.136. The highest BCUT2D eigenvalue weighted by atomic mass is 16.5. The SMILES string of the molecule is COc1ccc(C(=O)c2ccc(C)nc2N)cc1. The van der Waals surface area contributed by atoms with Gasteiger partial charge in [-0.05, 0) is 43.3 Å². The van der Waals surface area contributed by atoms with Crippen LogP contribution in [0, 0.1) is 6.92 Å². The van der Waals surface area contributed by atoms with Gasteiger partial charge in [-0.25, -0.2) is 4.98 Å². The van der Waals surface area contributed by atoms with Gasteiger partial charge in [0.2, 0.25) is 0 Å². The molecule has 2 aromatic rings. The summed E-state index contributed by atoms with van der Waals surface area (Å²) in [4.78, 5) is 16.3. The lowest BCUT2D eigenvalue weighted by molar-refractivity contribution is 0.103. The van der Waals surface area contributed by atoms with E-state index in [2.05, 4.69) is 4.98 Å². The van der Waals surface area contributed by atoms with Crippen LogP contribution < -0.4 is 10.5 Å². The van der Waals surface area contributed by atoms with E-state index in [0.29, 0.717) is 16.9 Å². The van der Waals surface area contributed by atoms with E-state index in [1.165, 1.54) is 0 Å². The van der Waals surface area contributed by atoms with E-state index in [1.54, 1.807) is 43.5 Å². The Labute approximate surface area is 105 Å². The number of anilines is 1. The Hall–Kier alpha value is -2.36. The summed E-state index contributed by atoms with van der Waals surface area (Å²) in [6.07, 6.45) is 0. The molecule has 0 bridgehead atoms. The Balaban J connectivity index is 2.35. The van der Waals surface area contributed by atoms with Gasteiger partial charge in [-0.3, -0.25) is 4.79 Å². The number of hydrogen-bond acceptors (Lipinski definition) is 4. The van der Waals surface area contributed by atoms with Crippen molar-refractivity contribution in [1.82, 2.24) is 4.98 Å². The summed E-state index contributed by atoms with van der Waals surface area (Å²) in [5, 5.41) is 0. The van der Waals surface area contributed by atoms with E-state index in [1.807, 2.05) is 6.92 Å². The topological polar surface area (TPSA) is 65.2 Å². The van der Waals surface area contributed by atoms with Crippen LogP contribution in [-0.4, -0.2) is 17.9 Å². The fourth-order valence-corrected chi connectivity index (χ4v) is 1.67. The zero-order chi connectivity index (χ0) is 13.1. The molecule has 4 heteroatoms. The third kappa shape index (κ3) is 2.32. The fourth-order valence-electron chi connectivity index (χ4n) is 1.67. The number of ether oxygens (including phenoxy) is 1. The Morgan fingerprint density at radius 1 is 1.17 bits per heavy atom. The second kappa shape index (κ2) is 4.87. The van der Waals surface area contributed by atoms with Crippen LogP contribution in [0.15, 0.2) is 36.4 Å². The lowest BCUT2D eigenvalue weighted by Crippen LogP contribution is -2.07. The predicted octanol–water partition coefficient (Wildman–Crippen LogP) is 2.21. The summed E-state index contributed by atoms with van der Waals surface area (Å²) in [6.45, 7) is 1.83. The highest BCUT2D eigenvalue weighted by molar-refractivity contribution is 6.11. The molecule has 0 amide bonds. The van der Waals surface area contributed by atoms with Crippen LogP contribution in [-0.2, 0) is 0 Å². The Morgan fingerprint density at radius 2 is 1.83 bits per heavy atom. The molecule has 0 aliphatic carbocycles. The summed E-state index contributed by atoms with van der Waals surface area (Å²) >= 11 is 0. The molecule has 0 saturated carbocycles. The number of pyridine rings is 1. The van der Waals surface area contributed by atoms with Gasteiger partial charge in [0.15, 0.2) is 5.78 Å². The van der Waals surface area contributed by atoms with E-state index in [-0.39, 0.29) is 11.6 Å². The first-order valence-electron chi connectivity index (χ1n) is 5.53. The number of methoxy groups -OCH3 is 1. The standard InChI is InChI=1S/C14H14N2O2/c1-9-3-8-12(14(15)16-9)13(17)10-4-6-11(18-2)7-5-10/h3-8H,1-2H3,(H2,15,16). The molecule has 2 N–H and O–H groups in total. The van der Waals surface area contributed by atoms with E-state index in [4.69, 9.17) is 10.5 Å². The maximum Gasteiger partial charge on any atom is 0.196 e. The lowest BCUT2D eigenvalue weighted by atomic mass is 10.0. The van der Waals surface area contributed by atoms with Crippen molar-refractivity contribution in [1.29, 1.82) is 0 Å². The molecule has 1 aromatic carbocycles. The second-order valence-electron chi connectivity index (χ2n) is 3.94. The van der Waals surface area contributed by atoms with Crippen LogP contribution in [0.25, 0.3) is 0 Å². The number of ketones is 1. The molecule has 0 saturated heterocycles. The molecule has 2 rings (SSSR count). The van der Waals surface area contributed by atoms with Crippen LogP contribution >= 0.6 is 0 Å². The van der Waals surface area contributed by atoms with Crippen LogP contribution in [0.4, 0.5) is 5.82 Å². The van der Waals surface area contributed by atoms with Crippen molar-refractivity contribution in [3.05, 3.63) is 53.2 Å². The third-order valence-electron chi connectivity index (χ3n) is 2.66. The normalized spacial score (nSPS) is 10.1. The van der Waals surface area contributed by atoms with Gasteiger partial charge in [0, 0.05) is 11.3 Å². The van der Waals surface area contributed by atoms with Crippen LogP contribution in [0.3, 0.4) is 0 Å². The van der Waals surface area contributed by atoms with Gasteiger partial charge in [-0.2, -0.15) is 0 Å². The highest BCUT2D eigenvalue weighted by Gasteiger charge is 2.13. The molecule has 18 heavy (non-hydrogen) atoms. The molecular formula is C14H14N2O2. The molecule has 0 atom stereocenters. The fraction of sp³-hybridized carbons (Fsp3) is 0.143. The van der Waals surface area contributed by atoms with Crippen molar-refractivity contribution in [2.45, 2.75) is 6.92 Å². The van der Waals surface area contributed by atoms with Gasteiger partial charge >= 0.3 is 0 Å². The Kier molecular flexibility index (Phi) is 3.28. The summed E-state index contributed by atoms with van der Waals surface area (Å²) in [5.74, 6) is 0.833. The average molecular weight is 242 g/mol. The third-order valence-corrected chi connectivity index (χ3v) is 2.66. The number of nitrogens with zero attached hydrogens (tertiary/aromatic N) is 1. The molecular weight excluding hydrogens is 228 g/mol. The van der Waals surface area contributed by atoms with Gasteiger partial charge in [-0.15, -0.1) is 0 Å². The molecule has 0 fully saturated rings. The van der Waals surface area contributed by atoms with E-state index in [9.17, 15) is 4.79 Å². The lowest BCUT2D eigenvalue weighted by Gasteiger charge is -2.06. The number of nitrogen functional groups attached to an aromatic ring is 1. The number of carbonyl (C=O) groups is 1. The number of hydrogen-bond donors (Lipinski definition) is 1. The number of nitrogens with two attached hydrogens (primary N) is 1. The highest BCUT2D eigenvalue weighted by Crippen LogP contribution is 2.18. The molecule has 0 spiro atoms. The Morgan fingerprint density at radius 3 is 2.39 bits per heavy atom. The zero-order valence-corrected chi connectivity index (χ0v) is 10.3. The first kappa shape index (κ1) is 12.1. The van der Waals surface area contributed by atoms with E-state index >= 15 is 0 Å². The monoisotopic (exact) mass is 242 g/mol. The van der Waals surface area contributed by atoms with Crippen LogP contribution in [0.5, 0.6) is 5.75 Å². The average Bonchev–Trinajstić information content (AvgIpc) is 2.38. The van der Waals surface area contributed by atoms with Crippen molar-refractivity contribution in [2.24, 2.45) is 0 Å². The quantitative estimate of drug-likeness (QED) is 0.838. The van der Waals surface area contributed by atoms with Crippen molar-refractivity contribution >= 4 is 11.6 Å². The molecule has 1 aromatic heterocycles. The largest absolute Gasteiger partial charge is 0.497 e. The van der Waals surface area contributed by atoms with Crippen molar-refractivity contribution in [3.8, 4) is 5.75 Å². The van der Waals surface area contributed by atoms with Crippen LogP contribution in [0.1, 0.15) is 21.6 Å². The molecule has 0 unspecified atom stereocenters. The van der Waals surface area contributed by atoms with Gasteiger partial charge < -0.3 is 10.5 Å². The maximum atomic E-state index is 12.2. The number of carbonyl (C=O) groups excluding carboxylic acids is 1. The summed E-state index contributed by atoms with van der Waals surface area (Å²) in [7, 11) is 1.58. The Bertz CT molecular complexity index is 577. The molecule has 4 nitrogen and oxygen atoms in total. The van der Waals surface area contributed by atoms with Gasteiger partial charge in [0.05, 0.1) is 12.7 Å². The smallest absolute Gasteiger partial charge is 0.196 e. The zero-order valence-electron chi connectivity index (χ0n) is 10.3. The molecule has 1 heterocycles. The summed E-state index contributed by atoms with van der Waals surface area (Å²) < 4.78 is 5.05. The van der Waals surface area contributed by atoms with Crippen molar-refractivity contribution < 1.29 is 9.53 Å². The molecule has 0 aliphatic heterocycles. The van der Waals surface area contributed by atoms with Crippen molar-refractivity contribution in [3.63, 3.8) is 0 Å². The molecule has 92 valence electrons. The number of rotatable bonds is 3. The van der Waals surface area contributed by atoms with Crippen LogP contribution in [0.2, 0.25) is 0 Å². The van der Waals surface area contributed by atoms with Gasteiger partial charge in [0.1, 0.15) is 11.6 Å². The second-order valence-corrected chi connectivity index (χ2v) is 3.94. The number of aryl methyl sites for hydroxylation is 1. The minimum atomic E-state index is -0.136. The first-order valence-corrected chi connectivity index (χ1v) is 5.53.